The molecule has 2 aromatic carbocycles. The van der Waals surface area contributed by atoms with E-state index in [0.717, 1.165) is 30.5 Å². The Morgan fingerprint density at radius 1 is 1.00 bits per heavy atom. The van der Waals surface area contributed by atoms with Crippen LogP contribution in [0.25, 0.3) is 0 Å². The molecule has 30 heavy (non-hydrogen) atoms. The third kappa shape index (κ3) is 7.21. The standard InChI is InChI=1S/C14H20O3S.C7H7F3N2/c1-12-7-9-14(10-8-12)18(15,16)17-11-13-5-3-2-4-6-13;8-7(9,10)5-3-4(11)1-2-6(5)12/h7-10,13H,2-6,11H2,1H3;1-3H,11-12H2. The monoisotopic (exact) mass is 444 g/mol. The number of hydrogen-bond acceptors (Lipinski definition) is 5. The van der Waals surface area contributed by atoms with Crippen molar-refractivity contribution in [3.05, 3.63) is 53.6 Å². The highest BCUT2D eigenvalue weighted by Crippen LogP contribution is 2.34. The van der Waals surface area contributed by atoms with Crippen LogP contribution in [0.2, 0.25) is 0 Å². The van der Waals surface area contributed by atoms with E-state index in [9.17, 15) is 21.6 Å². The summed E-state index contributed by atoms with van der Waals surface area (Å²) in [6.07, 6.45) is 1.39. The van der Waals surface area contributed by atoms with Crippen LogP contribution in [0.5, 0.6) is 0 Å². The molecule has 0 aliphatic heterocycles. The fraction of sp³-hybridized carbons (Fsp3) is 0.429. The Morgan fingerprint density at radius 2 is 1.60 bits per heavy atom. The van der Waals surface area contributed by atoms with Crippen LogP contribution in [0.4, 0.5) is 24.5 Å². The molecule has 0 radical (unpaired) electrons. The lowest BCUT2D eigenvalue weighted by molar-refractivity contribution is -0.136. The number of benzene rings is 2. The van der Waals surface area contributed by atoms with E-state index in [1.54, 1.807) is 24.3 Å². The second kappa shape index (κ2) is 10.2. The van der Waals surface area contributed by atoms with Crippen LogP contribution in [0.3, 0.4) is 0 Å². The molecule has 0 atom stereocenters. The minimum Gasteiger partial charge on any atom is -0.399 e. The van der Waals surface area contributed by atoms with Crippen LogP contribution in [0.1, 0.15) is 43.2 Å². The minimum absolute atomic E-state index is 0.0523. The molecule has 0 bridgehead atoms. The van der Waals surface area contributed by atoms with Gasteiger partial charge in [0.2, 0.25) is 0 Å². The fourth-order valence-electron chi connectivity index (χ4n) is 3.13. The maximum Gasteiger partial charge on any atom is 0.418 e. The number of aryl methyl sites for hydroxylation is 1. The Balaban J connectivity index is 0.000000232. The summed E-state index contributed by atoms with van der Waals surface area (Å²) >= 11 is 0. The normalized spacial score (nSPS) is 15.3. The lowest BCUT2D eigenvalue weighted by atomic mass is 9.90. The smallest absolute Gasteiger partial charge is 0.399 e. The summed E-state index contributed by atoms with van der Waals surface area (Å²) in [5.74, 6) is 0.402. The molecule has 1 saturated carbocycles. The van der Waals surface area contributed by atoms with E-state index >= 15 is 0 Å². The predicted molar refractivity (Wildman–Crippen MR) is 111 cm³/mol. The number of anilines is 2. The molecule has 0 spiro atoms. The van der Waals surface area contributed by atoms with Crippen molar-refractivity contribution in [1.82, 2.24) is 0 Å². The van der Waals surface area contributed by atoms with E-state index in [1.807, 2.05) is 6.92 Å². The lowest BCUT2D eigenvalue weighted by Gasteiger charge is -2.20. The first kappa shape index (κ1) is 24.0. The summed E-state index contributed by atoms with van der Waals surface area (Å²) in [6.45, 7) is 2.26. The summed E-state index contributed by atoms with van der Waals surface area (Å²) in [7, 11) is -3.58. The SMILES string of the molecule is Cc1ccc(S(=O)(=O)OCC2CCCCC2)cc1.Nc1ccc(N)c(C(F)(F)F)c1. The van der Waals surface area contributed by atoms with Crippen LogP contribution in [0, 0.1) is 12.8 Å². The summed E-state index contributed by atoms with van der Waals surface area (Å²) in [6, 6.07) is 10.1. The average molecular weight is 445 g/mol. The molecule has 1 aliphatic carbocycles. The van der Waals surface area contributed by atoms with Crippen molar-refractivity contribution in [2.75, 3.05) is 18.1 Å². The van der Waals surface area contributed by atoms with Gasteiger partial charge in [-0.25, -0.2) is 0 Å². The van der Waals surface area contributed by atoms with Crippen molar-refractivity contribution in [3.63, 3.8) is 0 Å². The summed E-state index contributed by atoms with van der Waals surface area (Å²) in [4.78, 5) is 0.254. The number of rotatable bonds is 4. The number of halogens is 3. The van der Waals surface area contributed by atoms with Gasteiger partial charge in [0.15, 0.2) is 0 Å². The van der Waals surface area contributed by atoms with Crippen molar-refractivity contribution >= 4 is 21.5 Å². The molecule has 3 rings (SSSR count). The van der Waals surface area contributed by atoms with E-state index < -0.39 is 21.9 Å². The molecule has 0 heterocycles. The number of hydrogen-bond donors (Lipinski definition) is 2. The van der Waals surface area contributed by atoms with Crippen LogP contribution >= 0.6 is 0 Å². The maximum atomic E-state index is 12.1. The minimum atomic E-state index is -4.43. The van der Waals surface area contributed by atoms with Crippen LogP contribution < -0.4 is 11.5 Å². The number of nitrogen functional groups attached to an aromatic ring is 2. The summed E-state index contributed by atoms with van der Waals surface area (Å²) in [5, 5.41) is 0. The van der Waals surface area contributed by atoms with Crippen molar-refractivity contribution in [3.8, 4) is 0 Å². The van der Waals surface area contributed by atoms with Gasteiger partial charge in [-0.2, -0.15) is 21.6 Å². The molecule has 1 fully saturated rings. The molecule has 9 heteroatoms. The average Bonchev–Trinajstić information content (AvgIpc) is 2.69. The van der Waals surface area contributed by atoms with Crippen molar-refractivity contribution in [2.24, 2.45) is 5.92 Å². The number of nitrogens with two attached hydrogens (primary N) is 2. The van der Waals surface area contributed by atoms with Gasteiger partial charge in [0, 0.05) is 11.4 Å². The van der Waals surface area contributed by atoms with Gasteiger partial charge in [-0.15, -0.1) is 0 Å². The fourth-order valence-corrected chi connectivity index (χ4v) is 4.11. The Bertz CT molecular complexity index is 924. The van der Waals surface area contributed by atoms with E-state index in [2.05, 4.69) is 0 Å². The molecule has 0 amide bonds. The van der Waals surface area contributed by atoms with Crippen molar-refractivity contribution in [1.29, 1.82) is 0 Å². The van der Waals surface area contributed by atoms with Crippen molar-refractivity contribution < 1.29 is 25.8 Å². The molecule has 2 aromatic rings. The van der Waals surface area contributed by atoms with Gasteiger partial charge in [-0.3, -0.25) is 4.18 Å². The van der Waals surface area contributed by atoms with Gasteiger partial charge in [0.25, 0.3) is 10.1 Å². The van der Waals surface area contributed by atoms with E-state index in [0.29, 0.717) is 12.5 Å². The van der Waals surface area contributed by atoms with Gasteiger partial charge in [-0.05, 0) is 56.0 Å². The second-order valence-corrected chi connectivity index (χ2v) is 9.02. The lowest BCUT2D eigenvalue weighted by Crippen LogP contribution is -2.17. The molecule has 4 N–H and O–H groups in total. The summed E-state index contributed by atoms with van der Waals surface area (Å²) in [5.41, 5.74) is 10.2. The topological polar surface area (TPSA) is 95.4 Å². The highest BCUT2D eigenvalue weighted by atomic mass is 32.2. The first-order valence-electron chi connectivity index (χ1n) is 9.67. The van der Waals surface area contributed by atoms with E-state index in [1.165, 1.54) is 25.3 Å². The maximum absolute atomic E-state index is 12.1. The molecule has 0 aromatic heterocycles. The Labute approximate surface area is 175 Å². The van der Waals surface area contributed by atoms with Gasteiger partial charge in [0.05, 0.1) is 17.1 Å². The highest BCUT2D eigenvalue weighted by Gasteiger charge is 2.32. The zero-order chi connectivity index (χ0) is 22.4. The first-order valence-corrected chi connectivity index (χ1v) is 11.1. The number of alkyl halides is 3. The molecule has 1 aliphatic rings. The van der Waals surface area contributed by atoms with Gasteiger partial charge in [-0.1, -0.05) is 37.0 Å². The molecular weight excluding hydrogens is 417 g/mol. The predicted octanol–water partition coefficient (Wildman–Crippen LogP) is 5.15. The zero-order valence-electron chi connectivity index (χ0n) is 16.8. The Hall–Kier alpha value is -2.26. The largest absolute Gasteiger partial charge is 0.418 e. The molecule has 166 valence electrons. The van der Waals surface area contributed by atoms with Crippen LogP contribution in [-0.4, -0.2) is 15.0 Å². The zero-order valence-corrected chi connectivity index (χ0v) is 17.6. The van der Waals surface area contributed by atoms with E-state index in [-0.39, 0.29) is 16.3 Å². The third-order valence-electron chi connectivity index (χ3n) is 4.88. The second-order valence-electron chi connectivity index (χ2n) is 7.40. The van der Waals surface area contributed by atoms with Crippen LogP contribution in [-0.2, 0) is 20.5 Å². The third-order valence-corrected chi connectivity index (χ3v) is 6.17. The van der Waals surface area contributed by atoms with Crippen LogP contribution in [0.15, 0.2) is 47.4 Å². The quantitative estimate of drug-likeness (QED) is 0.502. The van der Waals surface area contributed by atoms with Crippen molar-refractivity contribution in [2.45, 2.75) is 50.1 Å². The van der Waals surface area contributed by atoms with Gasteiger partial charge in [0.1, 0.15) is 0 Å². The Kier molecular flexibility index (Phi) is 8.14. The molecule has 5 nitrogen and oxygen atoms in total. The molecular formula is C21H27F3N2O3S. The Morgan fingerprint density at radius 3 is 2.13 bits per heavy atom. The molecule has 0 saturated heterocycles. The molecule has 0 unspecified atom stereocenters. The van der Waals surface area contributed by atoms with Gasteiger partial charge < -0.3 is 11.5 Å². The van der Waals surface area contributed by atoms with Gasteiger partial charge >= 0.3 is 6.18 Å². The summed E-state index contributed by atoms with van der Waals surface area (Å²) < 4.78 is 65.4. The first-order chi connectivity index (χ1) is 14.0. The highest BCUT2D eigenvalue weighted by molar-refractivity contribution is 7.86. The van der Waals surface area contributed by atoms with E-state index in [4.69, 9.17) is 15.7 Å².